The Bertz CT molecular complexity index is 204. The van der Waals surface area contributed by atoms with Gasteiger partial charge in [0.15, 0.2) is 0 Å². The highest BCUT2D eigenvalue weighted by atomic mass is 16.5. The van der Waals surface area contributed by atoms with Gasteiger partial charge in [-0.1, -0.05) is 6.92 Å². The van der Waals surface area contributed by atoms with Crippen molar-refractivity contribution in [1.82, 2.24) is 10.2 Å². The van der Waals surface area contributed by atoms with Gasteiger partial charge in [0.05, 0.1) is 13.2 Å². The van der Waals surface area contributed by atoms with Crippen LogP contribution in [0.15, 0.2) is 0 Å². The van der Waals surface area contributed by atoms with Crippen molar-refractivity contribution < 1.29 is 4.74 Å². The van der Waals surface area contributed by atoms with Crippen LogP contribution >= 0.6 is 0 Å². The lowest BCUT2D eigenvalue weighted by molar-refractivity contribution is 0.0600. The van der Waals surface area contributed by atoms with E-state index in [-0.39, 0.29) is 0 Å². The molecule has 3 atom stereocenters. The first kappa shape index (κ1) is 12.3. The van der Waals surface area contributed by atoms with Crippen molar-refractivity contribution in [1.29, 1.82) is 0 Å². The molecule has 16 heavy (non-hydrogen) atoms. The topological polar surface area (TPSA) is 24.5 Å². The third-order valence-corrected chi connectivity index (χ3v) is 4.08. The van der Waals surface area contributed by atoms with E-state index < -0.39 is 0 Å². The zero-order valence-electron chi connectivity index (χ0n) is 10.7. The van der Waals surface area contributed by atoms with Crippen molar-refractivity contribution in [3.05, 3.63) is 0 Å². The molecule has 0 aliphatic carbocycles. The standard InChI is InChI=1S/C13H26N2O/c1-3-13-5-4-7-15(13)11(2)9-12-10-16-8-6-14-12/h11-14H,3-10H2,1-2H3. The van der Waals surface area contributed by atoms with Crippen LogP contribution in [-0.4, -0.2) is 49.3 Å². The number of nitrogens with zero attached hydrogens (tertiary/aromatic N) is 1. The molecule has 3 heteroatoms. The molecular weight excluding hydrogens is 200 g/mol. The van der Waals surface area contributed by atoms with E-state index in [1.54, 1.807) is 0 Å². The quantitative estimate of drug-likeness (QED) is 0.788. The number of likely N-dealkylation sites (tertiary alicyclic amines) is 1. The molecule has 2 rings (SSSR count). The van der Waals surface area contributed by atoms with Crippen LogP contribution in [0.25, 0.3) is 0 Å². The monoisotopic (exact) mass is 226 g/mol. The summed E-state index contributed by atoms with van der Waals surface area (Å²) in [5, 5.41) is 3.55. The van der Waals surface area contributed by atoms with E-state index in [0.29, 0.717) is 12.1 Å². The lowest BCUT2D eigenvalue weighted by Gasteiger charge is -2.34. The molecule has 0 bridgehead atoms. The van der Waals surface area contributed by atoms with Gasteiger partial charge in [0.1, 0.15) is 0 Å². The lowest BCUT2D eigenvalue weighted by atomic mass is 10.0. The summed E-state index contributed by atoms with van der Waals surface area (Å²) in [7, 11) is 0. The minimum absolute atomic E-state index is 0.571. The molecule has 0 saturated carbocycles. The van der Waals surface area contributed by atoms with Gasteiger partial charge in [0.2, 0.25) is 0 Å². The Morgan fingerprint density at radius 3 is 3.06 bits per heavy atom. The molecule has 0 amide bonds. The highest BCUT2D eigenvalue weighted by Crippen LogP contribution is 2.24. The van der Waals surface area contributed by atoms with E-state index in [2.05, 4.69) is 24.1 Å². The molecular formula is C13H26N2O. The van der Waals surface area contributed by atoms with Crippen LogP contribution in [0.5, 0.6) is 0 Å². The highest BCUT2D eigenvalue weighted by molar-refractivity contribution is 4.85. The Kier molecular flexibility index (Phi) is 4.62. The summed E-state index contributed by atoms with van der Waals surface area (Å²) in [6.45, 7) is 8.80. The summed E-state index contributed by atoms with van der Waals surface area (Å²) >= 11 is 0. The van der Waals surface area contributed by atoms with Crippen LogP contribution < -0.4 is 5.32 Å². The second-order valence-corrected chi connectivity index (χ2v) is 5.25. The second kappa shape index (κ2) is 5.99. The number of hydrogen-bond acceptors (Lipinski definition) is 3. The Labute approximate surface area is 99.5 Å². The number of hydrogen-bond donors (Lipinski definition) is 1. The lowest BCUT2D eigenvalue weighted by Crippen LogP contribution is -2.47. The molecule has 0 spiro atoms. The first-order valence-electron chi connectivity index (χ1n) is 6.88. The van der Waals surface area contributed by atoms with Gasteiger partial charge in [-0.15, -0.1) is 0 Å². The van der Waals surface area contributed by atoms with E-state index in [9.17, 15) is 0 Å². The van der Waals surface area contributed by atoms with Gasteiger partial charge < -0.3 is 10.1 Å². The molecule has 2 aliphatic heterocycles. The number of nitrogens with one attached hydrogen (secondary N) is 1. The second-order valence-electron chi connectivity index (χ2n) is 5.25. The molecule has 2 aliphatic rings. The maximum Gasteiger partial charge on any atom is 0.0620 e. The number of morpholine rings is 1. The molecule has 0 aromatic rings. The Balaban J connectivity index is 1.79. The smallest absolute Gasteiger partial charge is 0.0620 e. The third-order valence-electron chi connectivity index (χ3n) is 4.08. The van der Waals surface area contributed by atoms with Gasteiger partial charge >= 0.3 is 0 Å². The van der Waals surface area contributed by atoms with Gasteiger partial charge in [-0.25, -0.2) is 0 Å². The fourth-order valence-electron chi connectivity index (χ4n) is 3.20. The van der Waals surface area contributed by atoms with Crippen molar-refractivity contribution in [2.24, 2.45) is 0 Å². The average molecular weight is 226 g/mol. The molecule has 0 aromatic heterocycles. The van der Waals surface area contributed by atoms with Crippen molar-refractivity contribution in [3.8, 4) is 0 Å². The summed E-state index contributed by atoms with van der Waals surface area (Å²) in [6, 6.07) is 2.10. The van der Waals surface area contributed by atoms with E-state index in [1.165, 1.54) is 32.2 Å². The van der Waals surface area contributed by atoms with Crippen molar-refractivity contribution in [2.45, 2.75) is 57.7 Å². The number of ether oxygens (including phenoxy) is 1. The summed E-state index contributed by atoms with van der Waals surface area (Å²) in [4.78, 5) is 2.70. The van der Waals surface area contributed by atoms with E-state index >= 15 is 0 Å². The predicted molar refractivity (Wildman–Crippen MR) is 66.7 cm³/mol. The van der Waals surface area contributed by atoms with Gasteiger partial charge in [0, 0.05) is 24.7 Å². The van der Waals surface area contributed by atoms with Crippen molar-refractivity contribution in [3.63, 3.8) is 0 Å². The molecule has 1 N–H and O–H groups in total. The Hall–Kier alpha value is -0.120. The van der Waals surface area contributed by atoms with Gasteiger partial charge in [0.25, 0.3) is 0 Å². The zero-order chi connectivity index (χ0) is 11.4. The fourth-order valence-corrected chi connectivity index (χ4v) is 3.20. The van der Waals surface area contributed by atoms with Crippen LogP contribution in [-0.2, 0) is 4.74 Å². The fraction of sp³-hybridized carbons (Fsp3) is 1.00. The third kappa shape index (κ3) is 2.96. The average Bonchev–Trinajstić information content (AvgIpc) is 2.78. The molecule has 2 fully saturated rings. The summed E-state index contributed by atoms with van der Waals surface area (Å²) in [5.41, 5.74) is 0. The van der Waals surface area contributed by atoms with Crippen LogP contribution in [0.2, 0.25) is 0 Å². The normalized spacial score (nSPS) is 34.1. The first-order chi connectivity index (χ1) is 7.81. The Morgan fingerprint density at radius 2 is 2.38 bits per heavy atom. The molecule has 0 radical (unpaired) electrons. The highest BCUT2D eigenvalue weighted by Gasteiger charge is 2.28. The van der Waals surface area contributed by atoms with Crippen molar-refractivity contribution in [2.75, 3.05) is 26.3 Å². The van der Waals surface area contributed by atoms with E-state index in [0.717, 1.165) is 25.8 Å². The van der Waals surface area contributed by atoms with Crippen LogP contribution in [0.1, 0.15) is 39.5 Å². The van der Waals surface area contributed by atoms with Crippen molar-refractivity contribution >= 4 is 0 Å². The minimum atomic E-state index is 0.571. The molecule has 3 unspecified atom stereocenters. The summed E-state index contributed by atoms with van der Waals surface area (Å²) in [6.07, 6.45) is 5.32. The number of rotatable bonds is 4. The molecule has 2 saturated heterocycles. The zero-order valence-corrected chi connectivity index (χ0v) is 10.7. The maximum atomic E-state index is 5.52. The Morgan fingerprint density at radius 1 is 1.50 bits per heavy atom. The largest absolute Gasteiger partial charge is 0.379 e. The maximum absolute atomic E-state index is 5.52. The molecule has 0 aromatic carbocycles. The van der Waals surface area contributed by atoms with Crippen LogP contribution in [0, 0.1) is 0 Å². The summed E-state index contributed by atoms with van der Waals surface area (Å²) in [5.74, 6) is 0. The van der Waals surface area contributed by atoms with E-state index in [4.69, 9.17) is 4.74 Å². The van der Waals surface area contributed by atoms with Gasteiger partial charge in [-0.3, -0.25) is 4.90 Å². The van der Waals surface area contributed by atoms with E-state index in [1.807, 2.05) is 0 Å². The molecule has 3 nitrogen and oxygen atoms in total. The predicted octanol–water partition coefficient (Wildman–Crippen LogP) is 1.63. The molecule has 94 valence electrons. The van der Waals surface area contributed by atoms with Gasteiger partial charge in [-0.05, 0) is 39.2 Å². The molecule has 2 heterocycles. The van der Waals surface area contributed by atoms with Crippen LogP contribution in [0.3, 0.4) is 0 Å². The van der Waals surface area contributed by atoms with Crippen LogP contribution in [0.4, 0.5) is 0 Å². The minimum Gasteiger partial charge on any atom is -0.379 e. The first-order valence-corrected chi connectivity index (χ1v) is 6.88. The SMILES string of the molecule is CCC1CCCN1C(C)CC1COCCN1. The van der Waals surface area contributed by atoms with Gasteiger partial charge in [-0.2, -0.15) is 0 Å². The summed E-state index contributed by atoms with van der Waals surface area (Å²) < 4.78 is 5.52.